The molecule has 3 heterocycles. The third-order valence-electron chi connectivity index (χ3n) is 5.51. The van der Waals surface area contributed by atoms with E-state index in [1.165, 1.54) is 10.5 Å². The van der Waals surface area contributed by atoms with Crippen molar-refractivity contribution in [2.45, 2.75) is 31.9 Å². The van der Waals surface area contributed by atoms with Crippen molar-refractivity contribution in [1.82, 2.24) is 9.80 Å². The first kappa shape index (κ1) is 15.8. The van der Waals surface area contributed by atoms with Gasteiger partial charge in [0.05, 0.1) is 17.9 Å². The first-order valence-corrected chi connectivity index (χ1v) is 8.95. The summed E-state index contributed by atoms with van der Waals surface area (Å²) < 4.78 is 5.60. The van der Waals surface area contributed by atoms with Crippen LogP contribution in [0.15, 0.2) is 30.3 Å². The van der Waals surface area contributed by atoms with Crippen LogP contribution in [0.4, 0.5) is 0 Å². The zero-order valence-corrected chi connectivity index (χ0v) is 13.9. The number of ether oxygens (including phenoxy) is 1. The number of rotatable bonds is 5. The van der Waals surface area contributed by atoms with Gasteiger partial charge in [0.2, 0.25) is 11.8 Å². The number of amides is 2. The van der Waals surface area contributed by atoms with Gasteiger partial charge < -0.3 is 4.74 Å². The monoisotopic (exact) mass is 328 g/mol. The highest BCUT2D eigenvalue weighted by atomic mass is 16.5. The minimum absolute atomic E-state index is 0.0264. The van der Waals surface area contributed by atoms with E-state index in [1.807, 2.05) is 18.2 Å². The lowest BCUT2D eigenvalue weighted by molar-refractivity contribution is -0.141. The van der Waals surface area contributed by atoms with Crippen LogP contribution in [-0.4, -0.2) is 54.0 Å². The normalized spacial score (nSPS) is 30.3. The number of carbonyl (C=O) groups is 2. The molecule has 0 unspecified atom stereocenters. The van der Waals surface area contributed by atoms with E-state index in [0.29, 0.717) is 19.6 Å². The molecule has 3 saturated heterocycles. The third kappa shape index (κ3) is 2.98. The quantitative estimate of drug-likeness (QED) is 0.772. The van der Waals surface area contributed by atoms with Crippen LogP contribution in [-0.2, 0) is 20.9 Å². The molecule has 3 aliphatic heterocycles. The number of benzene rings is 1. The molecule has 0 bridgehead atoms. The van der Waals surface area contributed by atoms with Gasteiger partial charge in [-0.15, -0.1) is 0 Å². The van der Waals surface area contributed by atoms with E-state index >= 15 is 0 Å². The number of fused-ring (bicyclic) bond motifs is 1. The molecule has 3 atom stereocenters. The minimum Gasteiger partial charge on any atom is -0.378 e. The van der Waals surface area contributed by atoms with Gasteiger partial charge in [-0.2, -0.15) is 0 Å². The lowest BCUT2D eigenvalue weighted by Gasteiger charge is -2.21. The Hall–Kier alpha value is -1.72. The Morgan fingerprint density at radius 2 is 1.75 bits per heavy atom. The summed E-state index contributed by atoms with van der Waals surface area (Å²) in [6.07, 6.45) is 3.14. The maximum Gasteiger partial charge on any atom is 0.234 e. The molecule has 5 nitrogen and oxygen atoms in total. The molecule has 2 amide bonds. The predicted molar refractivity (Wildman–Crippen MR) is 89.0 cm³/mol. The Bertz CT molecular complexity index is 588. The van der Waals surface area contributed by atoms with Crippen molar-refractivity contribution >= 4 is 11.8 Å². The number of imide groups is 1. The van der Waals surface area contributed by atoms with E-state index in [-0.39, 0.29) is 29.8 Å². The summed E-state index contributed by atoms with van der Waals surface area (Å²) >= 11 is 0. The molecule has 0 aromatic heterocycles. The first-order valence-electron chi connectivity index (χ1n) is 8.95. The van der Waals surface area contributed by atoms with E-state index in [1.54, 1.807) is 0 Å². The van der Waals surface area contributed by atoms with E-state index in [4.69, 9.17) is 4.74 Å². The average Bonchev–Trinajstić information content (AvgIpc) is 3.28. The highest BCUT2D eigenvalue weighted by Gasteiger charge is 2.51. The number of nitrogens with zero attached hydrogens (tertiary/aromatic N) is 2. The topological polar surface area (TPSA) is 49.9 Å². The molecule has 24 heavy (non-hydrogen) atoms. The SMILES string of the molecule is O=C1[C@@H]2CN(Cc3ccccc3)C[C@H]2C(=O)N1CC[C@@H]1CCCO1. The van der Waals surface area contributed by atoms with Crippen molar-refractivity contribution in [3.8, 4) is 0 Å². The Balaban J connectivity index is 1.35. The van der Waals surface area contributed by atoms with Crippen LogP contribution in [0.3, 0.4) is 0 Å². The second kappa shape index (κ2) is 6.65. The largest absolute Gasteiger partial charge is 0.378 e. The maximum absolute atomic E-state index is 12.6. The van der Waals surface area contributed by atoms with E-state index in [9.17, 15) is 9.59 Å². The van der Waals surface area contributed by atoms with Crippen LogP contribution in [0.5, 0.6) is 0 Å². The lowest BCUT2D eigenvalue weighted by Crippen LogP contribution is -2.37. The molecule has 3 aliphatic rings. The fourth-order valence-corrected chi connectivity index (χ4v) is 4.23. The fraction of sp³-hybridized carbons (Fsp3) is 0.579. The van der Waals surface area contributed by atoms with Crippen LogP contribution >= 0.6 is 0 Å². The van der Waals surface area contributed by atoms with Crippen molar-refractivity contribution < 1.29 is 14.3 Å². The molecular weight excluding hydrogens is 304 g/mol. The Labute approximate surface area is 142 Å². The zero-order chi connectivity index (χ0) is 16.5. The Morgan fingerprint density at radius 3 is 2.38 bits per heavy atom. The highest BCUT2D eigenvalue weighted by molar-refractivity contribution is 6.05. The summed E-state index contributed by atoms with van der Waals surface area (Å²) in [5.74, 6) is -0.242. The molecule has 1 aromatic rings. The standard InChI is InChI=1S/C19H24N2O3/c22-18-16-12-20(11-14-5-2-1-3-6-14)13-17(16)19(23)21(18)9-8-15-7-4-10-24-15/h1-3,5-6,15-17H,4,7-13H2/t15-,16+,17+/m0/s1. The summed E-state index contributed by atoms with van der Waals surface area (Å²) in [5, 5.41) is 0. The van der Waals surface area contributed by atoms with Crippen LogP contribution in [0.1, 0.15) is 24.8 Å². The molecule has 0 radical (unpaired) electrons. The molecule has 0 saturated carbocycles. The van der Waals surface area contributed by atoms with Gasteiger partial charge in [0.25, 0.3) is 0 Å². The lowest BCUT2D eigenvalue weighted by atomic mass is 10.00. The van der Waals surface area contributed by atoms with Crippen molar-refractivity contribution in [2.24, 2.45) is 11.8 Å². The third-order valence-corrected chi connectivity index (χ3v) is 5.51. The summed E-state index contributed by atoms with van der Waals surface area (Å²) in [7, 11) is 0. The van der Waals surface area contributed by atoms with Gasteiger partial charge in [-0.05, 0) is 24.8 Å². The molecule has 1 aromatic carbocycles. The van der Waals surface area contributed by atoms with E-state index < -0.39 is 0 Å². The van der Waals surface area contributed by atoms with Crippen molar-refractivity contribution in [2.75, 3.05) is 26.2 Å². The van der Waals surface area contributed by atoms with Gasteiger partial charge in [0, 0.05) is 32.8 Å². The molecule has 5 heteroatoms. The van der Waals surface area contributed by atoms with Crippen LogP contribution in [0.2, 0.25) is 0 Å². The van der Waals surface area contributed by atoms with Gasteiger partial charge in [-0.3, -0.25) is 19.4 Å². The maximum atomic E-state index is 12.6. The van der Waals surface area contributed by atoms with Crippen LogP contribution < -0.4 is 0 Å². The van der Waals surface area contributed by atoms with Crippen LogP contribution in [0, 0.1) is 11.8 Å². The molecule has 4 rings (SSSR count). The van der Waals surface area contributed by atoms with Gasteiger partial charge in [-0.1, -0.05) is 30.3 Å². The van der Waals surface area contributed by atoms with Crippen LogP contribution in [0.25, 0.3) is 0 Å². The van der Waals surface area contributed by atoms with Gasteiger partial charge in [0.15, 0.2) is 0 Å². The molecule has 0 N–H and O–H groups in total. The van der Waals surface area contributed by atoms with Crippen molar-refractivity contribution in [3.63, 3.8) is 0 Å². The zero-order valence-electron chi connectivity index (χ0n) is 13.9. The number of hydrogen-bond donors (Lipinski definition) is 0. The van der Waals surface area contributed by atoms with Crippen molar-refractivity contribution in [1.29, 1.82) is 0 Å². The summed E-state index contributed by atoms with van der Waals surface area (Å²) in [4.78, 5) is 29.0. The Kier molecular flexibility index (Phi) is 4.37. The summed E-state index contributed by atoms with van der Waals surface area (Å²) in [6.45, 7) is 3.53. The van der Waals surface area contributed by atoms with Crippen molar-refractivity contribution in [3.05, 3.63) is 35.9 Å². The predicted octanol–water partition coefficient (Wildman–Crippen LogP) is 1.67. The van der Waals surface area contributed by atoms with E-state index in [0.717, 1.165) is 32.4 Å². The smallest absolute Gasteiger partial charge is 0.234 e. The molecule has 0 spiro atoms. The minimum atomic E-state index is -0.147. The number of carbonyl (C=O) groups excluding carboxylic acids is 2. The van der Waals surface area contributed by atoms with Gasteiger partial charge in [-0.25, -0.2) is 0 Å². The summed E-state index contributed by atoms with van der Waals surface area (Å²) in [6, 6.07) is 10.2. The second-order valence-corrected chi connectivity index (χ2v) is 7.14. The molecule has 3 fully saturated rings. The Morgan fingerprint density at radius 1 is 1.04 bits per heavy atom. The average molecular weight is 328 g/mol. The second-order valence-electron chi connectivity index (χ2n) is 7.14. The molecule has 128 valence electrons. The molecule has 0 aliphatic carbocycles. The molecular formula is C19H24N2O3. The summed E-state index contributed by atoms with van der Waals surface area (Å²) in [5.41, 5.74) is 1.23. The van der Waals surface area contributed by atoms with Gasteiger partial charge in [0.1, 0.15) is 0 Å². The highest BCUT2D eigenvalue weighted by Crippen LogP contribution is 2.34. The van der Waals surface area contributed by atoms with E-state index in [2.05, 4.69) is 17.0 Å². The number of likely N-dealkylation sites (tertiary alicyclic amines) is 2. The fourth-order valence-electron chi connectivity index (χ4n) is 4.23. The van der Waals surface area contributed by atoms with Gasteiger partial charge >= 0.3 is 0 Å². The number of hydrogen-bond acceptors (Lipinski definition) is 4. The first-order chi connectivity index (χ1) is 11.7.